The van der Waals surface area contributed by atoms with Crippen LogP contribution in [0.4, 0.5) is 9.59 Å². The van der Waals surface area contributed by atoms with Crippen LogP contribution in [0, 0.1) is 0 Å². The van der Waals surface area contributed by atoms with E-state index in [1.165, 1.54) is 0 Å². The highest BCUT2D eigenvalue weighted by Gasteiger charge is 2.04. The van der Waals surface area contributed by atoms with Crippen LogP contribution in [0.15, 0.2) is 73.3 Å². The summed E-state index contributed by atoms with van der Waals surface area (Å²) >= 11 is 0. The summed E-state index contributed by atoms with van der Waals surface area (Å²) in [7, 11) is 0. The fraction of sp³-hybridized carbons (Fsp3) is 0.182. The van der Waals surface area contributed by atoms with Gasteiger partial charge in [0.05, 0.1) is 0 Å². The summed E-state index contributed by atoms with van der Waals surface area (Å²) in [6, 6.07) is 14.6. The van der Waals surface area contributed by atoms with E-state index in [1.54, 1.807) is 24.8 Å². The Morgan fingerprint density at radius 1 is 0.567 bits per heavy atom. The SMILES string of the molecule is O=C(NCc1ccncc1)NCc1cccc(CNC(=O)NCc2ccncc2)c1. The van der Waals surface area contributed by atoms with Crippen LogP contribution >= 0.6 is 0 Å². The molecule has 8 heteroatoms. The smallest absolute Gasteiger partial charge is 0.315 e. The van der Waals surface area contributed by atoms with Gasteiger partial charge in [-0.05, 0) is 46.5 Å². The van der Waals surface area contributed by atoms with Gasteiger partial charge in [-0.25, -0.2) is 9.59 Å². The lowest BCUT2D eigenvalue weighted by atomic mass is 10.1. The van der Waals surface area contributed by atoms with Gasteiger partial charge in [-0.3, -0.25) is 9.97 Å². The molecule has 0 saturated carbocycles. The Morgan fingerprint density at radius 3 is 1.33 bits per heavy atom. The monoisotopic (exact) mass is 404 g/mol. The van der Waals surface area contributed by atoms with E-state index in [-0.39, 0.29) is 12.1 Å². The Hall–Kier alpha value is -3.94. The number of nitrogens with zero attached hydrogens (tertiary/aromatic N) is 2. The first kappa shape index (κ1) is 20.8. The third-order valence-electron chi connectivity index (χ3n) is 4.30. The van der Waals surface area contributed by atoms with E-state index in [4.69, 9.17) is 0 Å². The number of carbonyl (C=O) groups excluding carboxylic acids is 2. The number of aromatic nitrogens is 2. The number of hydrogen-bond donors (Lipinski definition) is 4. The first-order chi connectivity index (χ1) is 14.7. The minimum absolute atomic E-state index is 0.245. The molecule has 0 aliphatic rings. The van der Waals surface area contributed by atoms with Gasteiger partial charge in [-0.2, -0.15) is 0 Å². The fourth-order valence-electron chi connectivity index (χ4n) is 2.71. The number of nitrogens with one attached hydrogen (secondary N) is 4. The highest BCUT2D eigenvalue weighted by molar-refractivity contribution is 5.74. The van der Waals surface area contributed by atoms with Crippen molar-refractivity contribution in [3.63, 3.8) is 0 Å². The number of amides is 4. The zero-order chi connectivity index (χ0) is 21.0. The molecular formula is C22H24N6O2. The van der Waals surface area contributed by atoms with Crippen molar-refractivity contribution in [3.05, 3.63) is 95.6 Å². The lowest BCUT2D eigenvalue weighted by molar-refractivity contribution is 0.239. The van der Waals surface area contributed by atoms with Crippen molar-refractivity contribution in [2.75, 3.05) is 0 Å². The third kappa shape index (κ3) is 7.23. The normalized spacial score (nSPS) is 10.1. The molecular weight excluding hydrogens is 380 g/mol. The molecule has 0 unspecified atom stereocenters. The van der Waals surface area contributed by atoms with Crippen molar-refractivity contribution in [1.82, 2.24) is 31.2 Å². The average Bonchev–Trinajstić information content (AvgIpc) is 2.80. The molecule has 2 aromatic heterocycles. The predicted molar refractivity (Wildman–Crippen MR) is 113 cm³/mol. The maximum absolute atomic E-state index is 12.0. The molecule has 154 valence electrons. The molecule has 0 bridgehead atoms. The van der Waals surface area contributed by atoms with Crippen molar-refractivity contribution in [2.45, 2.75) is 26.2 Å². The van der Waals surface area contributed by atoms with Crippen molar-refractivity contribution in [2.24, 2.45) is 0 Å². The van der Waals surface area contributed by atoms with Gasteiger partial charge < -0.3 is 21.3 Å². The van der Waals surface area contributed by atoms with Gasteiger partial charge in [-0.1, -0.05) is 24.3 Å². The molecule has 0 atom stereocenters. The maximum atomic E-state index is 12.0. The number of pyridine rings is 2. The molecule has 8 nitrogen and oxygen atoms in total. The Labute approximate surface area is 175 Å². The second kappa shape index (κ2) is 11.2. The molecule has 0 aliphatic heterocycles. The van der Waals surface area contributed by atoms with E-state index < -0.39 is 0 Å². The van der Waals surface area contributed by atoms with Crippen LogP contribution < -0.4 is 21.3 Å². The Kier molecular flexibility index (Phi) is 7.73. The first-order valence-electron chi connectivity index (χ1n) is 9.58. The maximum Gasteiger partial charge on any atom is 0.315 e. The number of carbonyl (C=O) groups is 2. The molecule has 3 aromatic rings. The number of urea groups is 2. The summed E-state index contributed by atoms with van der Waals surface area (Å²) in [4.78, 5) is 31.8. The summed E-state index contributed by atoms with van der Waals surface area (Å²) in [6.45, 7) is 1.66. The molecule has 4 amide bonds. The largest absolute Gasteiger partial charge is 0.334 e. The van der Waals surface area contributed by atoms with Crippen LogP contribution in [0.25, 0.3) is 0 Å². The van der Waals surface area contributed by atoms with Gasteiger partial charge in [0.25, 0.3) is 0 Å². The van der Waals surface area contributed by atoms with Crippen LogP contribution in [0.5, 0.6) is 0 Å². The van der Waals surface area contributed by atoms with E-state index in [9.17, 15) is 9.59 Å². The van der Waals surface area contributed by atoms with Crippen molar-refractivity contribution < 1.29 is 9.59 Å². The highest BCUT2D eigenvalue weighted by atomic mass is 16.2. The van der Waals surface area contributed by atoms with Gasteiger partial charge in [0.1, 0.15) is 0 Å². The lowest BCUT2D eigenvalue weighted by Crippen LogP contribution is -2.35. The van der Waals surface area contributed by atoms with Gasteiger partial charge in [0.15, 0.2) is 0 Å². The van der Waals surface area contributed by atoms with Crippen molar-refractivity contribution in [3.8, 4) is 0 Å². The topological polar surface area (TPSA) is 108 Å². The van der Waals surface area contributed by atoms with E-state index in [0.29, 0.717) is 26.2 Å². The number of benzene rings is 1. The van der Waals surface area contributed by atoms with Crippen LogP contribution in [0.1, 0.15) is 22.3 Å². The summed E-state index contributed by atoms with van der Waals surface area (Å²) in [5.74, 6) is 0. The average molecular weight is 404 g/mol. The quantitative estimate of drug-likeness (QED) is 0.462. The summed E-state index contributed by atoms with van der Waals surface area (Å²) in [5.41, 5.74) is 3.86. The summed E-state index contributed by atoms with van der Waals surface area (Å²) < 4.78 is 0. The summed E-state index contributed by atoms with van der Waals surface area (Å²) in [6.07, 6.45) is 6.75. The number of rotatable bonds is 8. The summed E-state index contributed by atoms with van der Waals surface area (Å²) in [5, 5.41) is 11.3. The Balaban J connectivity index is 1.38. The van der Waals surface area contributed by atoms with Crippen LogP contribution in [0.2, 0.25) is 0 Å². The van der Waals surface area contributed by atoms with Crippen LogP contribution in [0.3, 0.4) is 0 Å². The Morgan fingerprint density at radius 2 is 0.933 bits per heavy atom. The molecule has 2 heterocycles. The van der Waals surface area contributed by atoms with Crippen LogP contribution in [-0.2, 0) is 26.2 Å². The third-order valence-corrected chi connectivity index (χ3v) is 4.30. The zero-order valence-corrected chi connectivity index (χ0v) is 16.5. The van der Waals surface area contributed by atoms with Gasteiger partial charge in [0, 0.05) is 51.0 Å². The molecule has 0 spiro atoms. The first-order valence-corrected chi connectivity index (χ1v) is 9.58. The van der Waals surface area contributed by atoms with E-state index >= 15 is 0 Å². The molecule has 0 fully saturated rings. The zero-order valence-electron chi connectivity index (χ0n) is 16.5. The molecule has 30 heavy (non-hydrogen) atoms. The van der Waals surface area contributed by atoms with Gasteiger partial charge >= 0.3 is 12.1 Å². The lowest BCUT2D eigenvalue weighted by Gasteiger charge is -2.10. The highest BCUT2D eigenvalue weighted by Crippen LogP contribution is 2.05. The molecule has 0 saturated heterocycles. The predicted octanol–water partition coefficient (Wildman–Crippen LogP) is 2.48. The van der Waals surface area contributed by atoms with Crippen molar-refractivity contribution >= 4 is 12.1 Å². The van der Waals surface area contributed by atoms with E-state index in [2.05, 4.69) is 31.2 Å². The van der Waals surface area contributed by atoms with Gasteiger partial charge in [0.2, 0.25) is 0 Å². The standard InChI is InChI=1S/C22H24N6O2/c29-21(25-13-17-4-8-23-9-5-17)27-15-19-2-1-3-20(12-19)16-28-22(30)26-14-18-6-10-24-11-7-18/h1-12H,13-16H2,(H2,25,27,29)(H2,26,28,30). The minimum atomic E-state index is -0.245. The minimum Gasteiger partial charge on any atom is -0.334 e. The molecule has 0 radical (unpaired) electrons. The van der Waals surface area contributed by atoms with Gasteiger partial charge in [-0.15, -0.1) is 0 Å². The second-order valence-corrected chi connectivity index (χ2v) is 6.60. The second-order valence-electron chi connectivity index (χ2n) is 6.60. The molecule has 1 aromatic carbocycles. The molecule has 3 rings (SSSR count). The van der Waals surface area contributed by atoms with E-state index in [0.717, 1.165) is 22.3 Å². The Bertz CT molecular complexity index is 875. The molecule has 4 N–H and O–H groups in total. The fourth-order valence-corrected chi connectivity index (χ4v) is 2.71. The molecule has 0 aliphatic carbocycles. The number of hydrogen-bond acceptors (Lipinski definition) is 4. The van der Waals surface area contributed by atoms with Crippen LogP contribution in [-0.4, -0.2) is 22.0 Å². The van der Waals surface area contributed by atoms with E-state index in [1.807, 2.05) is 48.5 Å². The van der Waals surface area contributed by atoms with Crippen molar-refractivity contribution in [1.29, 1.82) is 0 Å².